The number of aromatic nitrogens is 2. The molecule has 208 valence electrons. The fourth-order valence-electron chi connectivity index (χ4n) is 3.48. The topological polar surface area (TPSA) is 132 Å². The van der Waals surface area contributed by atoms with Crippen LogP contribution in [-0.2, 0) is 9.53 Å². The van der Waals surface area contributed by atoms with Gasteiger partial charge in [-0.3, -0.25) is 4.79 Å². The van der Waals surface area contributed by atoms with E-state index in [1.54, 1.807) is 37.5 Å². The lowest BCUT2D eigenvalue weighted by Gasteiger charge is -2.32. The van der Waals surface area contributed by atoms with Crippen molar-refractivity contribution in [3.05, 3.63) is 41.6 Å². The Kier molecular flexibility index (Phi) is 11.1. The quantitative estimate of drug-likeness (QED) is 0.371. The summed E-state index contributed by atoms with van der Waals surface area (Å²) in [6, 6.07) is 9.10. The minimum atomic E-state index is -0.640. The van der Waals surface area contributed by atoms with Gasteiger partial charge in [0.25, 0.3) is 0 Å². The van der Waals surface area contributed by atoms with Crippen LogP contribution in [0.1, 0.15) is 71.9 Å². The summed E-state index contributed by atoms with van der Waals surface area (Å²) in [5.41, 5.74) is 0.742. The van der Waals surface area contributed by atoms with E-state index in [1.165, 1.54) is 4.90 Å². The number of likely N-dealkylation sites (N-methyl/N-ethyl adjacent to an activating group) is 1. The van der Waals surface area contributed by atoms with Crippen molar-refractivity contribution in [1.29, 1.82) is 5.26 Å². The van der Waals surface area contributed by atoms with Crippen LogP contribution in [0.5, 0.6) is 0 Å². The zero-order valence-corrected chi connectivity index (χ0v) is 23.9. The molecule has 1 aromatic heterocycles. The Bertz CT molecular complexity index is 1230. The molecule has 0 saturated carbocycles. The first-order valence-corrected chi connectivity index (χ1v) is 12.9. The first kappa shape index (κ1) is 30.9. The lowest BCUT2D eigenvalue weighted by atomic mass is 10.0. The molecule has 1 heterocycles. The molecule has 2 aromatic rings. The van der Waals surface area contributed by atoms with Crippen LogP contribution in [0.4, 0.5) is 22.2 Å². The second-order valence-corrected chi connectivity index (χ2v) is 10.8. The van der Waals surface area contributed by atoms with Crippen LogP contribution in [0.25, 0.3) is 0 Å². The highest BCUT2D eigenvalue weighted by molar-refractivity contribution is 5.77. The average Bonchev–Trinajstić information content (AvgIpc) is 2.85. The smallest absolute Gasteiger partial charge is 0.410 e. The van der Waals surface area contributed by atoms with E-state index in [1.807, 2.05) is 34.6 Å². The standard InChI is InChI=1S/C29H39N7O3/c1-8-17-31-25-22(19-32-26(34-25)33-23-15-13-21(18-30)14-16-23)11-9-10-12-24(37)35-29(5,6)20-36(7)27(38)39-28(2,3)4/h13-16,19H,8,10,12,17,20H2,1-7H3,(H,35,37)(H2,31,32,33,34). The Morgan fingerprint density at radius 1 is 1.13 bits per heavy atom. The van der Waals surface area contributed by atoms with E-state index in [0.29, 0.717) is 35.9 Å². The lowest BCUT2D eigenvalue weighted by molar-refractivity contribution is -0.122. The molecule has 0 aliphatic rings. The summed E-state index contributed by atoms with van der Waals surface area (Å²) < 4.78 is 5.38. The molecule has 2 rings (SSSR count). The van der Waals surface area contributed by atoms with E-state index in [-0.39, 0.29) is 12.3 Å². The Balaban J connectivity index is 1.97. The van der Waals surface area contributed by atoms with E-state index in [4.69, 9.17) is 10.00 Å². The van der Waals surface area contributed by atoms with Gasteiger partial charge in [-0.2, -0.15) is 10.2 Å². The largest absolute Gasteiger partial charge is 0.444 e. The number of carbonyl (C=O) groups is 2. The first-order valence-electron chi connectivity index (χ1n) is 12.9. The number of hydrogen-bond acceptors (Lipinski definition) is 8. The third-order valence-electron chi connectivity index (χ3n) is 5.12. The van der Waals surface area contributed by atoms with E-state index in [0.717, 1.165) is 18.7 Å². The highest BCUT2D eigenvalue weighted by Crippen LogP contribution is 2.18. The van der Waals surface area contributed by atoms with E-state index in [2.05, 4.69) is 50.8 Å². The van der Waals surface area contributed by atoms with Crippen LogP contribution in [0.2, 0.25) is 0 Å². The zero-order valence-electron chi connectivity index (χ0n) is 23.9. The maximum absolute atomic E-state index is 12.5. The molecule has 0 aliphatic heterocycles. The molecule has 0 saturated heterocycles. The average molecular weight is 534 g/mol. The van der Waals surface area contributed by atoms with Crippen molar-refractivity contribution in [2.75, 3.05) is 30.8 Å². The molecular weight excluding hydrogens is 494 g/mol. The molecule has 0 unspecified atom stereocenters. The Labute approximate surface area is 231 Å². The van der Waals surface area contributed by atoms with Crippen molar-refractivity contribution in [2.45, 2.75) is 71.9 Å². The van der Waals surface area contributed by atoms with Crippen LogP contribution in [0.15, 0.2) is 30.5 Å². The number of nitrogens with one attached hydrogen (secondary N) is 3. The molecule has 2 amide bonds. The highest BCUT2D eigenvalue weighted by Gasteiger charge is 2.27. The lowest BCUT2D eigenvalue weighted by Crippen LogP contribution is -2.52. The van der Waals surface area contributed by atoms with E-state index >= 15 is 0 Å². The zero-order chi connectivity index (χ0) is 29.1. The molecule has 1 aromatic carbocycles. The molecule has 10 nitrogen and oxygen atoms in total. The second-order valence-electron chi connectivity index (χ2n) is 10.8. The van der Waals surface area contributed by atoms with Gasteiger partial charge in [0.1, 0.15) is 11.4 Å². The molecule has 0 aliphatic carbocycles. The van der Waals surface area contributed by atoms with Gasteiger partial charge in [0.05, 0.1) is 28.9 Å². The minimum Gasteiger partial charge on any atom is -0.444 e. The van der Waals surface area contributed by atoms with Crippen molar-refractivity contribution in [1.82, 2.24) is 20.2 Å². The SMILES string of the molecule is CCCNc1nc(Nc2ccc(C#N)cc2)ncc1C#CCCC(=O)NC(C)(C)CN(C)C(=O)OC(C)(C)C. The second kappa shape index (κ2) is 14.0. The third-order valence-corrected chi connectivity index (χ3v) is 5.12. The fraction of sp³-hybridized carbons (Fsp3) is 0.483. The minimum absolute atomic E-state index is 0.158. The third kappa shape index (κ3) is 11.3. The van der Waals surface area contributed by atoms with Crippen LogP contribution in [0, 0.1) is 23.2 Å². The Hall–Kier alpha value is -4.31. The van der Waals surface area contributed by atoms with Crippen molar-refractivity contribution >= 4 is 29.5 Å². The summed E-state index contributed by atoms with van der Waals surface area (Å²) in [7, 11) is 1.64. The van der Waals surface area contributed by atoms with Crippen LogP contribution < -0.4 is 16.0 Å². The molecule has 0 bridgehead atoms. The van der Waals surface area contributed by atoms with E-state index in [9.17, 15) is 9.59 Å². The van der Waals surface area contributed by atoms with Gasteiger partial charge in [0, 0.05) is 38.7 Å². The Morgan fingerprint density at radius 3 is 2.44 bits per heavy atom. The van der Waals surface area contributed by atoms with Crippen molar-refractivity contribution in [3.8, 4) is 17.9 Å². The summed E-state index contributed by atoms with van der Waals surface area (Å²) in [5, 5.41) is 18.3. The molecule has 39 heavy (non-hydrogen) atoms. The summed E-state index contributed by atoms with van der Waals surface area (Å²) in [6.45, 7) is 12.2. The number of nitriles is 1. The number of hydrogen-bond donors (Lipinski definition) is 3. The summed E-state index contributed by atoms with van der Waals surface area (Å²) >= 11 is 0. The number of anilines is 3. The molecule has 10 heteroatoms. The summed E-state index contributed by atoms with van der Waals surface area (Å²) in [4.78, 5) is 35.1. The van der Waals surface area contributed by atoms with Crippen molar-refractivity contribution in [2.24, 2.45) is 0 Å². The molecule has 0 fully saturated rings. The number of benzene rings is 1. The van der Waals surface area contributed by atoms with Gasteiger partial charge in [-0.05, 0) is 65.3 Å². The van der Waals surface area contributed by atoms with Crippen LogP contribution in [0.3, 0.4) is 0 Å². The predicted molar refractivity (Wildman–Crippen MR) is 152 cm³/mol. The van der Waals surface area contributed by atoms with Gasteiger partial charge in [-0.25, -0.2) is 9.78 Å². The van der Waals surface area contributed by atoms with Gasteiger partial charge in [-0.1, -0.05) is 18.8 Å². The van der Waals surface area contributed by atoms with Gasteiger partial charge in [0.2, 0.25) is 11.9 Å². The molecular formula is C29H39N7O3. The first-order chi connectivity index (χ1) is 18.3. The number of carbonyl (C=O) groups excluding carboxylic acids is 2. The van der Waals surface area contributed by atoms with Gasteiger partial charge >= 0.3 is 6.09 Å². The normalized spacial score (nSPS) is 10.9. The summed E-state index contributed by atoms with van der Waals surface area (Å²) in [6.07, 6.45) is 2.67. The van der Waals surface area contributed by atoms with Gasteiger partial charge in [0.15, 0.2) is 0 Å². The van der Waals surface area contributed by atoms with Crippen molar-refractivity contribution < 1.29 is 14.3 Å². The molecule has 0 atom stereocenters. The van der Waals surface area contributed by atoms with E-state index < -0.39 is 17.2 Å². The molecule has 3 N–H and O–H groups in total. The van der Waals surface area contributed by atoms with Crippen molar-refractivity contribution in [3.63, 3.8) is 0 Å². The van der Waals surface area contributed by atoms with Crippen LogP contribution >= 0.6 is 0 Å². The summed E-state index contributed by atoms with van der Waals surface area (Å²) in [5.74, 6) is 6.95. The number of ether oxygens (including phenoxy) is 1. The molecule has 0 spiro atoms. The predicted octanol–water partition coefficient (Wildman–Crippen LogP) is 4.81. The fourth-order valence-corrected chi connectivity index (χ4v) is 3.48. The Morgan fingerprint density at radius 2 is 1.82 bits per heavy atom. The maximum atomic E-state index is 12.5. The van der Waals surface area contributed by atoms with Crippen LogP contribution in [-0.4, -0.2) is 58.1 Å². The number of amides is 2. The number of rotatable bonds is 10. The van der Waals surface area contributed by atoms with Gasteiger partial charge in [-0.15, -0.1) is 0 Å². The van der Waals surface area contributed by atoms with Gasteiger partial charge < -0.3 is 25.6 Å². The highest BCUT2D eigenvalue weighted by atomic mass is 16.6. The molecule has 0 radical (unpaired) electrons. The number of nitrogens with zero attached hydrogens (tertiary/aromatic N) is 4. The maximum Gasteiger partial charge on any atom is 0.410 e. The monoisotopic (exact) mass is 533 g/mol.